The maximum atomic E-state index is 11.6. The summed E-state index contributed by atoms with van der Waals surface area (Å²) in [6.07, 6.45) is 5.56. The van der Waals surface area contributed by atoms with Crippen LogP contribution >= 0.6 is 0 Å². The number of carbonyl (C=O) groups is 1. The minimum absolute atomic E-state index is 0.0722. The van der Waals surface area contributed by atoms with E-state index in [1.165, 1.54) is 6.08 Å². The first-order valence-corrected chi connectivity index (χ1v) is 7.65. The first-order valence-electron chi connectivity index (χ1n) is 7.65. The SMILES string of the molecule is C=CCOC(=O)Oc1c(C)nc2c(cnn2CCCCC)c1N. The number of nitrogens with zero attached hydrogens (tertiary/aromatic N) is 3. The summed E-state index contributed by atoms with van der Waals surface area (Å²) in [5, 5.41) is 4.99. The van der Waals surface area contributed by atoms with Crippen LogP contribution in [0.5, 0.6) is 5.75 Å². The van der Waals surface area contributed by atoms with E-state index < -0.39 is 6.16 Å². The van der Waals surface area contributed by atoms with Crippen molar-refractivity contribution in [3.05, 3.63) is 24.5 Å². The van der Waals surface area contributed by atoms with E-state index in [-0.39, 0.29) is 12.4 Å². The second-order valence-corrected chi connectivity index (χ2v) is 5.20. The van der Waals surface area contributed by atoms with E-state index in [9.17, 15) is 4.79 Å². The Morgan fingerprint density at radius 1 is 1.48 bits per heavy atom. The lowest BCUT2D eigenvalue weighted by atomic mass is 10.2. The molecule has 0 atom stereocenters. The third kappa shape index (κ3) is 3.80. The molecule has 23 heavy (non-hydrogen) atoms. The molecule has 0 unspecified atom stereocenters. The van der Waals surface area contributed by atoms with Gasteiger partial charge in [-0.2, -0.15) is 5.10 Å². The third-order valence-electron chi connectivity index (χ3n) is 3.43. The van der Waals surface area contributed by atoms with Crippen molar-refractivity contribution in [1.29, 1.82) is 0 Å². The largest absolute Gasteiger partial charge is 0.514 e. The van der Waals surface area contributed by atoms with Crippen LogP contribution in [0.25, 0.3) is 11.0 Å². The molecule has 0 saturated heterocycles. The highest BCUT2D eigenvalue weighted by atomic mass is 16.7. The molecule has 124 valence electrons. The molecule has 0 aliphatic carbocycles. The minimum atomic E-state index is -0.837. The number of aromatic nitrogens is 3. The van der Waals surface area contributed by atoms with Gasteiger partial charge in [0.1, 0.15) is 6.61 Å². The second-order valence-electron chi connectivity index (χ2n) is 5.20. The van der Waals surface area contributed by atoms with Crippen molar-refractivity contribution >= 4 is 22.9 Å². The van der Waals surface area contributed by atoms with Gasteiger partial charge in [0, 0.05) is 6.54 Å². The molecule has 0 amide bonds. The van der Waals surface area contributed by atoms with E-state index >= 15 is 0 Å². The Morgan fingerprint density at radius 3 is 2.96 bits per heavy atom. The number of hydrogen-bond donors (Lipinski definition) is 1. The number of ether oxygens (including phenoxy) is 2. The first-order chi connectivity index (χ1) is 11.1. The van der Waals surface area contributed by atoms with Crippen LogP contribution in [-0.2, 0) is 11.3 Å². The molecule has 2 aromatic rings. The van der Waals surface area contributed by atoms with E-state index in [0.717, 1.165) is 25.8 Å². The van der Waals surface area contributed by atoms with Crippen LogP contribution in [0.1, 0.15) is 31.9 Å². The van der Waals surface area contributed by atoms with Crippen molar-refractivity contribution in [2.75, 3.05) is 12.3 Å². The van der Waals surface area contributed by atoms with Gasteiger partial charge in [-0.05, 0) is 13.3 Å². The number of aryl methyl sites for hydroxylation is 2. The Morgan fingerprint density at radius 2 is 2.26 bits per heavy atom. The van der Waals surface area contributed by atoms with Gasteiger partial charge in [0.05, 0.1) is 23.0 Å². The molecule has 2 rings (SSSR count). The molecular weight excluding hydrogens is 296 g/mol. The maximum absolute atomic E-state index is 11.6. The molecule has 0 radical (unpaired) electrons. The van der Waals surface area contributed by atoms with Gasteiger partial charge in [0.2, 0.25) is 0 Å². The van der Waals surface area contributed by atoms with E-state index in [2.05, 4.69) is 23.6 Å². The van der Waals surface area contributed by atoms with Gasteiger partial charge in [0.25, 0.3) is 0 Å². The summed E-state index contributed by atoms with van der Waals surface area (Å²) in [5.41, 5.74) is 7.67. The maximum Gasteiger partial charge on any atom is 0.514 e. The van der Waals surface area contributed by atoms with Crippen LogP contribution in [0.4, 0.5) is 10.5 Å². The summed E-state index contributed by atoms with van der Waals surface area (Å²) in [7, 11) is 0. The van der Waals surface area contributed by atoms with Crippen molar-refractivity contribution in [2.24, 2.45) is 0 Å². The Labute approximate surface area is 135 Å². The number of rotatable bonds is 7. The van der Waals surface area contributed by atoms with Crippen LogP contribution in [0.15, 0.2) is 18.9 Å². The van der Waals surface area contributed by atoms with Crippen molar-refractivity contribution in [1.82, 2.24) is 14.8 Å². The van der Waals surface area contributed by atoms with Crippen LogP contribution in [0, 0.1) is 6.92 Å². The molecule has 0 aromatic carbocycles. The first kappa shape index (κ1) is 16.8. The van der Waals surface area contributed by atoms with Gasteiger partial charge in [-0.15, -0.1) is 0 Å². The molecule has 0 aliphatic rings. The molecule has 0 saturated carbocycles. The average molecular weight is 318 g/mol. The van der Waals surface area contributed by atoms with E-state index in [4.69, 9.17) is 15.2 Å². The number of hydrogen-bond acceptors (Lipinski definition) is 6. The Hall–Kier alpha value is -2.57. The summed E-state index contributed by atoms with van der Waals surface area (Å²) >= 11 is 0. The number of fused-ring (bicyclic) bond motifs is 1. The highest BCUT2D eigenvalue weighted by Crippen LogP contribution is 2.32. The Balaban J connectivity index is 2.27. The van der Waals surface area contributed by atoms with Crippen LogP contribution in [0.3, 0.4) is 0 Å². The van der Waals surface area contributed by atoms with Gasteiger partial charge in [-0.25, -0.2) is 14.5 Å². The lowest BCUT2D eigenvalue weighted by molar-refractivity contribution is 0.109. The number of nitrogen functional groups attached to an aromatic ring is 1. The quantitative estimate of drug-likeness (QED) is 0.479. The normalized spacial score (nSPS) is 10.7. The molecule has 2 aromatic heterocycles. The average Bonchev–Trinajstić information content (AvgIpc) is 2.93. The van der Waals surface area contributed by atoms with Crippen LogP contribution in [-0.4, -0.2) is 27.5 Å². The summed E-state index contributed by atoms with van der Waals surface area (Å²) in [6, 6.07) is 0. The van der Waals surface area contributed by atoms with Crippen molar-refractivity contribution in [2.45, 2.75) is 39.7 Å². The lowest BCUT2D eigenvalue weighted by Crippen LogP contribution is -2.13. The van der Waals surface area contributed by atoms with Crippen molar-refractivity contribution in [3.63, 3.8) is 0 Å². The zero-order chi connectivity index (χ0) is 16.8. The van der Waals surface area contributed by atoms with Crippen LogP contribution < -0.4 is 10.5 Å². The predicted molar refractivity (Wildman–Crippen MR) is 88.4 cm³/mol. The number of pyridine rings is 1. The summed E-state index contributed by atoms with van der Waals surface area (Å²) < 4.78 is 11.8. The summed E-state index contributed by atoms with van der Waals surface area (Å²) in [6.45, 7) is 8.20. The molecule has 2 heterocycles. The summed E-state index contributed by atoms with van der Waals surface area (Å²) in [4.78, 5) is 16.1. The number of nitrogens with two attached hydrogens (primary N) is 1. The van der Waals surface area contributed by atoms with Gasteiger partial charge >= 0.3 is 6.16 Å². The lowest BCUT2D eigenvalue weighted by Gasteiger charge is -2.11. The van der Waals surface area contributed by atoms with Gasteiger partial charge in [-0.1, -0.05) is 32.4 Å². The molecule has 7 heteroatoms. The van der Waals surface area contributed by atoms with Crippen molar-refractivity contribution < 1.29 is 14.3 Å². The summed E-state index contributed by atoms with van der Waals surface area (Å²) in [5.74, 6) is 0.208. The predicted octanol–water partition coefficient (Wildman–Crippen LogP) is 3.21. The number of unbranched alkanes of at least 4 members (excludes halogenated alkanes) is 2. The number of anilines is 1. The number of carbonyl (C=O) groups excluding carboxylic acids is 1. The smallest absolute Gasteiger partial charge is 0.430 e. The van der Waals surface area contributed by atoms with Gasteiger partial charge in [0.15, 0.2) is 11.4 Å². The zero-order valence-electron chi connectivity index (χ0n) is 13.5. The highest BCUT2D eigenvalue weighted by molar-refractivity contribution is 5.92. The fourth-order valence-corrected chi connectivity index (χ4v) is 2.26. The minimum Gasteiger partial charge on any atom is -0.430 e. The van der Waals surface area contributed by atoms with E-state index in [1.807, 2.05) is 4.68 Å². The van der Waals surface area contributed by atoms with Crippen LogP contribution in [0.2, 0.25) is 0 Å². The molecule has 0 fully saturated rings. The van der Waals surface area contributed by atoms with E-state index in [1.54, 1.807) is 13.1 Å². The van der Waals surface area contributed by atoms with Gasteiger partial charge in [-0.3, -0.25) is 0 Å². The third-order valence-corrected chi connectivity index (χ3v) is 3.43. The Bertz CT molecular complexity index is 709. The Kier molecular flexibility index (Phi) is 5.56. The fraction of sp³-hybridized carbons (Fsp3) is 0.438. The van der Waals surface area contributed by atoms with Crippen molar-refractivity contribution in [3.8, 4) is 5.75 Å². The fourth-order valence-electron chi connectivity index (χ4n) is 2.26. The topological polar surface area (TPSA) is 92.3 Å². The standard InChI is InChI=1S/C16H22N4O3/c1-4-6-7-8-20-15-12(10-18-20)13(17)14(11(3)19-15)23-16(21)22-9-5-2/h5,10H,2,4,6-9H2,1,3H3,(H2,17,19). The molecule has 0 aliphatic heterocycles. The van der Waals surface area contributed by atoms with E-state index in [0.29, 0.717) is 22.4 Å². The molecule has 7 nitrogen and oxygen atoms in total. The molecular formula is C16H22N4O3. The molecule has 0 bridgehead atoms. The monoisotopic (exact) mass is 318 g/mol. The van der Waals surface area contributed by atoms with Gasteiger partial charge < -0.3 is 15.2 Å². The second kappa shape index (κ2) is 7.62. The molecule has 2 N–H and O–H groups in total. The highest BCUT2D eigenvalue weighted by Gasteiger charge is 2.18. The molecule has 0 spiro atoms. The zero-order valence-corrected chi connectivity index (χ0v) is 13.5.